The van der Waals surface area contributed by atoms with Crippen LogP contribution >= 0.6 is 0 Å². The molecule has 1 unspecified atom stereocenters. The molecule has 1 N–H and O–H groups in total. The molecule has 2 rings (SSSR count). The lowest BCUT2D eigenvalue weighted by molar-refractivity contribution is -0.277. The Morgan fingerprint density at radius 1 is 1.08 bits per heavy atom. The molecule has 1 atom stereocenters. The molecule has 0 bridgehead atoms. The van der Waals surface area contributed by atoms with Gasteiger partial charge in [-0.1, -0.05) is 42.5 Å². The Morgan fingerprint density at radius 3 is 2.46 bits per heavy atom. The Labute approximate surface area is 141 Å². The van der Waals surface area contributed by atoms with Crippen LogP contribution in [0.4, 0.5) is 0 Å². The van der Waals surface area contributed by atoms with Crippen molar-refractivity contribution in [1.29, 1.82) is 0 Å². The first-order chi connectivity index (χ1) is 11.7. The Balaban J connectivity index is 1.68. The zero-order valence-corrected chi connectivity index (χ0v) is 13.4. The monoisotopic (exact) mass is 328 g/mol. The van der Waals surface area contributed by atoms with E-state index in [1.807, 2.05) is 30.3 Å². The first-order valence-electron chi connectivity index (χ1n) is 7.61. The van der Waals surface area contributed by atoms with E-state index in [0.717, 1.165) is 5.56 Å². The summed E-state index contributed by atoms with van der Waals surface area (Å²) in [4.78, 5) is 16.0. The number of carbonyl (C=O) groups excluding carboxylic acids is 1. The minimum atomic E-state index is -0.380. The lowest BCUT2D eigenvalue weighted by atomic mass is 10.1. The van der Waals surface area contributed by atoms with E-state index >= 15 is 0 Å². The average molecular weight is 328 g/mol. The summed E-state index contributed by atoms with van der Waals surface area (Å²) in [6.07, 6.45) is 2.39. The fourth-order valence-electron chi connectivity index (χ4n) is 1.98. The number of benzene rings is 2. The maximum Gasteiger partial charge on any atom is 0.188 e. The van der Waals surface area contributed by atoms with Gasteiger partial charge in [0.1, 0.15) is 25.1 Å². The van der Waals surface area contributed by atoms with Gasteiger partial charge in [0.05, 0.1) is 6.26 Å². The quantitative estimate of drug-likeness (QED) is 0.188. The molecule has 0 amide bonds. The molecule has 0 spiro atoms. The van der Waals surface area contributed by atoms with Crippen molar-refractivity contribution in [1.82, 2.24) is 0 Å². The van der Waals surface area contributed by atoms with Gasteiger partial charge in [0.2, 0.25) is 0 Å². The van der Waals surface area contributed by atoms with Crippen LogP contribution in [-0.4, -0.2) is 24.3 Å². The third kappa shape index (κ3) is 5.53. The summed E-state index contributed by atoms with van der Waals surface area (Å²) in [5.41, 5.74) is 1.47. The molecule has 0 aromatic heterocycles. The predicted octanol–water partition coefficient (Wildman–Crippen LogP) is 4.03. The predicted molar refractivity (Wildman–Crippen MR) is 89.9 cm³/mol. The molecule has 5 nitrogen and oxygen atoms in total. The molecule has 2 aromatic carbocycles. The summed E-state index contributed by atoms with van der Waals surface area (Å²) in [6.45, 7) is 2.43. The largest absolute Gasteiger partial charge is 0.498 e. The van der Waals surface area contributed by atoms with E-state index in [1.54, 1.807) is 31.2 Å². The van der Waals surface area contributed by atoms with E-state index in [0.29, 0.717) is 24.5 Å². The molecule has 5 heteroatoms. The van der Waals surface area contributed by atoms with E-state index in [2.05, 4.69) is 4.89 Å². The number of allylic oxidation sites excluding steroid dienone is 1. The van der Waals surface area contributed by atoms with Gasteiger partial charge in [-0.2, -0.15) is 0 Å². The summed E-state index contributed by atoms with van der Waals surface area (Å²) in [6, 6.07) is 16.2. The Morgan fingerprint density at radius 2 is 1.79 bits per heavy atom. The molecule has 126 valence electrons. The van der Waals surface area contributed by atoms with E-state index in [-0.39, 0.29) is 11.9 Å². The van der Waals surface area contributed by atoms with Crippen LogP contribution in [0.3, 0.4) is 0 Å². The second-order valence-electron chi connectivity index (χ2n) is 5.07. The third-order valence-corrected chi connectivity index (χ3v) is 3.35. The molecule has 0 saturated carbocycles. The van der Waals surface area contributed by atoms with Gasteiger partial charge in [-0.05, 0) is 24.6 Å². The highest BCUT2D eigenvalue weighted by Crippen LogP contribution is 2.19. The van der Waals surface area contributed by atoms with Crippen molar-refractivity contribution in [3.05, 3.63) is 78.1 Å². The first-order valence-corrected chi connectivity index (χ1v) is 7.61. The van der Waals surface area contributed by atoms with E-state index in [9.17, 15) is 4.79 Å². The summed E-state index contributed by atoms with van der Waals surface area (Å²) < 4.78 is 10.8. The topological polar surface area (TPSA) is 65.0 Å². The molecular formula is C19H20O5. The van der Waals surface area contributed by atoms with Gasteiger partial charge in [-0.25, -0.2) is 4.89 Å². The normalized spacial score (nSPS) is 12.1. The van der Waals surface area contributed by atoms with Crippen molar-refractivity contribution >= 4 is 5.78 Å². The molecule has 2 aromatic rings. The maximum atomic E-state index is 11.8. The van der Waals surface area contributed by atoms with Gasteiger partial charge >= 0.3 is 0 Å². The van der Waals surface area contributed by atoms with Crippen LogP contribution in [0.25, 0.3) is 0 Å². The lowest BCUT2D eigenvalue weighted by Gasteiger charge is -2.09. The van der Waals surface area contributed by atoms with E-state index in [4.69, 9.17) is 14.7 Å². The van der Waals surface area contributed by atoms with Gasteiger partial charge < -0.3 is 9.47 Å². The molecular weight excluding hydrogens is 308 g/mol. The van der Waals surface area contributed by atoms with Crippen LogP contribution in [0.2, 0.25) is 0 Å². The number of hydrogen-bond acceptors (Lipinski definition) is 5. The second-order valence-corrected chi connectivity index (χ2v) is 5.07. The minimum absolute atomic E-state index is 0.104. The maximum absolute atomic E-state index is 11.8. The van der Waals surface area contributed by atoms with Gasteiger partial charge in [0.25, 0.3) is 0 Å². The second kappa shape index (κ2) is 9.50. The van der Waals surface area contributed by atoms with E-state index in [1.165, 1.54) is 12.3 Å². The van der Waals surface area contributed by atoms with Crippen molar-refractivity contribution in [2.45, 2.75) is 13.0 Å². The first kappa shape index (κ1) is 17.7. The molecule has 0 radical (unpaired) electrons. The van der Waals surface area contributed by atoms with Crippen molar-refractivity contribution in [2.75, 3.05) is 13.2 Å². The molecule has 0 saturated heterocycles. The van der Waals surface area contributed by atoms with Crippen LogP contribution < -0.4 is 4.74 Å². The fraction of sp³-hybridized carbons (Fsp3) is 0.211. The summed E-state index contributed by atoms with van der Waals surface area (Å²) in [5.74, 6) is 0.587. The molecule has 0 heterocycles. The van der Waals surface area contributed by atoms with Crippen molar-refractivity contribution in [2.24, 2.45) is 0 Å². The van der Waals surface area contributed by atoms with Crippen LogP contribution in [0.1, 0.15) is 28.9 Å². The lowest BCUT2D eigenvalue weighted by Crippen LogP contribution is -2.04. The van der Waals surface area contributed by atoms with Crippen LogP contribution in [0, 0.1) is 0 Å². The van der Waals surface area contributed by atoms with Crippen LogP contribution in [0.5, 0.6) is 5.75 Å². The fourth-order valence-corrected chi connectivity index (χ4v) is 1.98. The summed E-state index contributed by atoms with van der Waals surface area (Å²) in [7, 11) is 0. The van der Waals surface area contributed by atoms with Gasteiger partial charge in [0, 0.05) is 11.6 Å². The summed E-state index contributed by atoms with van der Waals surface area (Å²) in [5, 5.41) is 8.61. The Kier molecular flexibility index (Phi) is 7.01. The zero-order chi connectivity index (χ0) is 17.2. The molecule has 24 heavy (non-hydrogen) atoms. The molecule has 0 aliphatic carbocycles. The van der Waals surface area contributed by atoms with E-state index < -0.39 is 0 Å². The SMILES string of the molecule is CC(OO)c1ccc(OCCOC=CC(=O)c2ccccc2)cc1. The average Bonchev–Trinajstić information content (AvgIpc) is 2.65. The highest BCUT2D eigenvalue weighted by atomic mass is 17.1. The third-order valence-electron chi connectivity index (χ3n) is 3.35. The van der Waals surface area contributed by atoms with Crippen LogP contribution in [-0.2, 0) is 9.62 Å². The van der Waals surface area contributed by atoms with Gasteiger partial charge in [-0.3, -0.25) is 10.1 Å². The number of rotatable bonds is 9. The molecule has 0 fully saturated rings. The standard InChI is InChI=1S/C19H20O5/c1-15(24-21)16-7-9-18(10-8-16)23-14-13-22-12-11-19(20)17-5-3-2-4-6-17/h2-12,15,21H,13-14H2,1H3. The van der Waals surface area contributed by atoms with Crippen LogP contribution in [0.15, 0.2) is 66.9 Å². The van der Waals surface area contributed by atoms with Gasteiger partial charge in [-0.15, -0.1) is 0 Å². The van der Waals surface area contributed by atoms with Crippen molar-refractivity contribution in [3.8, 4) is 5.75 Å². The van der Waals surface area contributed by atoms with Gasteiger partial charge in [0.15, 0.2) is 5.78 Å². The summed E-state index contributed by atoms with van der Waals surface area (Å²) >= 11 is 0. The number of hydrogen-bond donors (Lipinski definition) is 1. The number of ether oxygens (including phenoxy) is 2. The Hall–Kier alpha value is -2.63. The minimum Gasteiger partial charge on any atom is -0.498 e. The number of ketones is 1. The van der Waals surface area contributed by atoms with Crippen molar-refractivity contribution in [3.63, 3.8) is 0 Å². The zero-order valence-electron chi connectivity index (χ0n) is 13.4. The highest BCUT2D eigenvalue weighted by Gasteiger charge is 2.04. The number of carbonyl (C=O) groups is 1. The molecule has 0 aliphatic rings. The van der Waals surface area contributed by atoms with Crippen molar-refractivity contribution < 1.29 is 24.4 Å². The molecule has 0 aliphatic heterocycles. The highest BCUT2D eigenvalue weighted by molar-refractivity contribution is 6.04. The smallest absolute Gasteiger partial charge is 0.188 e. The Bertz CT molecular complexity index is 649.